The van der Waals surface area contributed by atoms with Gasteiger partial charge in [0.1, 0.15) is 6.07 Å². The molecule has 2 fully saturated rings. The van der Waals surface area contributed by atoms with Crippen LogP contribution in [0, 0.1) is 11.3 Å². The Morgan fingerprint density at radius 1 is 1.52 bits per heavy atom. The number of nitrogens with one attached hydrogen (secondary N) is 2. The third kappa shape index (κ3) is 4.24. The first-order valence-electron chi connectivity index (χ1n) is 7.23. The minimum absolute atomic E-state index is 0. The van der Waals surface area contributed by atoms with Crippen molar-refractivity contribution in [1.82, 2.24) is 10.2 Å². The maximum absolute atomic E-state index is 12.3. The van der Waals surface area contributed by atoms with E-state index in [0.29, 0.717) is 10.6 Å². The Hall–Kier alpha value is -1.13. The van der Waals surface area contributed by atoms with Crippen LogP contribution in [0.1, 0.15) is 12.0 Å². The molecule has 1 amide bonds. The normalized spacial score (nSPS) is 23.2. The molecular formula is C15H18Cl2N4OS. The van der Waals surface area contributed by atoms with Gasteiger partial charge in [-0.3, -0.25) is 4.79 Å². The molecule has 0 aliphatic carbocycles. The van der Waals surface area contributed by atoms with Gasteiger partial charge in [-0.15, -0.1) is 24.2 Å². The van der Waals surface area contributed by atoms with Crippen LogP contribution in [0.3, 0.4) is 0 Å². The Kier molecular flexibility index (Phi) is 6.42. The summed E-state index contributed by atoms with van der Waals surface area (Å²) in [5.74, 6) is 2.04. The predicted molar refractivity (Wildman–Crippen MR) is 96.3 cm³/mol. The van der Waals surface area contributed by atoms with E-state index >= 15 is 0 Å². The summed E-state index contributed by atoms with van der Waals surface area (Å²) in [6.45, 7) is 1.60. The van der Waals surface area contributed by atoms with Crippen LogP contribution in [-0.2, 0) is 4.79 Å². The van der Waals surface area contributed by atoms with E-state index in [4.69, 9.17) is 16.9 Å². The predicted octanol–water partition coefficient (Wildman–Crippen LogP) is 2.31. The van der Waals surface area contributed by atoms with Crippen LogP contribution in [0.4, 0.5) is 5.69 Å². The van der Waals surface area contributed by atoms with Crippen LogP contribution in [-0.4, -0.2) is 47.6 Å². The van der Waals surface area contributed by atoms with Crippen molar-refractivity contribution in [3.63, 3.8) is 0 Å². The van der Waals surface area contributed by atoms with E-state index in [1.807, 2.05) is 17.0 Å². The van der Waals surface area contributed by atoms with Gasteiger partial charge in [0, 0.05) is 30.6 Å². The zero-order valence-electron chi connectivity index (χ0n) is 12.4. The summed E-state index contributed by atoms with van der Waals surface area (Å²) in [6, 6.07) is 7.43. The number of anilines is 1. The second-order valence-electron chi connectivity index (χ2n) is 5.48. The largest absolute Gasteiger partial charge is 0.381 e. The molecule has 23 heavy (non-hydrogen) atoms. The van der Waals surface area contributed by atoms with Gasteiger partial charge in [0.2, 0.25) is 5.91 Å². The van der Waals surface area contributed by atoms with Gasteiger partial charge in [0.25, 0.3) is 0 Å². The van der Waals surface area contributed by atoms with Crippen molar-refractivity contribution < 1.29 is 4.79 Å². The minimum atomic E-state index is -0.106. The fraction of sp³-hybridized carbons (Fsp3) is 0.467. The van der Waals surface area contributed by atoms with E-state index in [9.17, 15) is 4.79 Å². The zero-order valence-corrected chi connectivity index (χ0v) is 14.8. The molecule has 0 radical (unpaired) electrons. The first kappa shape index (κ1) is 18.2. The van der Waals surface area contributed by atoms with E-state index in [2.05, 4.69) is 10.6 Å². The van der Waals surface area contributed by atoms with Gasteiger partial charge >= 0.3 is 0 Å². The third-order valence-electron chi connectivity index (χ3n) is 3.95. The highest BCUT2D eigenvalue weighted by Crippen LogP contribution is 2.23. The second kappa shape index (κ2) is 8.11. The number of hydrogen-bond donors (Lipinski definition) is 2. The molecule has 5 nitrogen and oxygen atoms in total. The Labute approximate surface area is 151 Å². The number of halogens is 2. The number of benzene rings is 1. The molecule has 8 heteroatoms. The average Bonchev–Trinajstić information content (AvgIpc) is 3.18. The number of thioether (sulfide) groups is 1. The smallest absolute Gasteiger partial charge is 0.240 e. The molecule has 2 saturated heterocycles. The molecule has 2 aliphatic heterocycles. The topological polar surface area (TPSA) is 68.2 Å². The van der Waals surface area contributed by atoms with Gasteiger partial charge in [0.15, 0.2) is 0 Å². The van der Waals surface area contributed by atoms with Crippen LogP contribution in [0.2, 0.25) is 5.02 Å². The van der Waals surface area contributed by atoms with Crippen molar-refractivity contribution in [3.05, 3.63) is 28.8 Å². The average molecular weight is 373 g/mol. The zero-order chi connectivity index (χ0) is 15.5. The summed E-state index contributed by atoms with van der Waals surface area (Å²) in [5.41, 5.74) is 1.34. The summed E-state index contributed by atoms with van der Waals surface area (Å²) in [6.07, 6.45) is 0.762. The van der Waals surface area contributed by atoms with E-state index < -0.39 is 0 Å². The summed E-state index contributed by atoms with van der Waals surface area (Å²) in [5, 5.41) is 16.0. The van der Waals surface area contributed by atoms with Gasteiger partial charge < -0.3 is 15.5 Å². The van der Waals surface area contributed by atoms with Crippen LogP contribution < -0.4 is 10.6 Å². The van der Waals surface area contributed by atoms with Crippen molar-refractivity contribution in [2.45, 2.75) is 18.5 Å². The molecule has 2 heterocycles. The second-order valence-corrected chi connectivity index (χ2v) is 6.97. The maximum Gasteiger partial charge on any atom is 0.240 e. The molecule has 0 unspecified atom stereocenters. The molecule has 124 valence electrons. The van der Waals surface area contributed by atoms with E-state index in [1.54, 1.807) is 23.9 Å². The molecule has 0 bridgehead atoms. The summed E-state index contributed by atoms with van der Waals surface area (Å²) in [7, 11) is 0. The van der Waals surface area contributed by atoms with Gasteiger partial charge in [0.05, 0.1) is 22.5 Å². The maximum atomic E-state index is 12.3. The number of rotatable bonds is 3. The van der Waals surface area contributed by atoms with Gasteiger partial charge in [-0.2, -0.15) is 5.26 Å². The van der Waals surface area contributed by atoms with E-state index in [0.717, 1.165) is 36.8 Å². The highest BCUT2D eigenvalue weighted by Gasteiger charge is 2.33. The first-order chi connectivity index (χ1) is 10.7. The molecular weight excluding hydrogens is 355 g/mol. The summed E-state index contributed by atoms with van der Waals surface area (Å²) >= 11 is 7.84. The Balaban J connectivity index is 0.00000192. The van der Waals surface area contributed by atoms with Crippen molar-refractivity contribution in [1.29, 1.82) is 5.26 Å². The Morgan fingerprint density at radius 2 is 2.35 bits per heavy atom. The van der Waals surface area contributed by atoms with Crippen molar-refractivity contribution in [3.8, 4) is 6.07 Å². The highest BCUT2D eigenvalue weighted by atomic mass is 35.5. The molecule has 0 saturated carbocycles. The Bertz CT molecular complexity index is 616. The fourth-order valence-corrected chi connectivity index (χ4v) is 3.95. The van der Waals surface area contributed by atoms with Crippen LogP contribution >= 0.6 is 35.8 Å². The van der Waals surface area contributed by atoms with Crippen LogP contribution in [0.25, 0.3) is 0 Å². The third-order valence-corrected chi connectivity index (χ3v) is 5.23. The standard InChI is InChI=1S/C15H17ClN4OS.ClH/c16-13-5-11(2-1-10(13)7-17)19-12-6-14(18-8-12)15(21)20-3-4-22-9-20;/h1-2,5,12,14,18-19H,3-4,6,8-9H2;1H/t12-,14-;/m0./s1. The van der Waals surface area contributed by atoms with E-state index in [1.165, 1.54) is 0 Å². The SMILES string of the molecule is Cl.N#Cc1ccc(N[C@@H]2CN[C@H](C(=O)N3CCSC3)C2)cc1Cl. The number of nitriles is 1. The number of carbonyl (C=O) groups excluding carboxylic acids is 1. The van der Waals surface area contributed by atoms with E-state index in [-0.39, 0.29) is 30.4 Å². The number of amides is 1. The fourth-order valence-electron chi connectivity index (χ4n) is 2.77. The summed E-state index contributed by atoms with van der Waals surface area (Å²) in [4.78, 5) is 14.3. The van der Waals surface area contributed by atoms with Crippen molar-refractivity contribution >= 4 is 47.4 Å². The molecule has 0 aromatic heterocycles. The lowest BCUT2D eigenvalue weighted by Gasteiger charge is -2.19. The highest BCUT2D eigenvalue weighted by molar-refractivity contribution is 7.99. The van der Waals surface area contributed by atoms with Gasteiger partial charge in [-0.05, 0) is 24.6 Å². The molecule has 1 aromatic carbocycles. The lowest BCUT2D eigenvalue weighted by Crippen LogP contribution is -2.42. The molecule has 2 aliphatic rings. The monoisotopic (exact) mass is 372 g/mol. The number of carbonyl (C=O) groups is 1. The molecule has 2 N–H and O–H groups in total. The molecule has 2 atom stereocenters. The summed E-state index contributed by atoms with van der Waals surface area (Å²) < 4.78 is 0. The van der Waals surface area contributed by atoms with Crippen LogP contribution in [0.5, 0.6) is 0 Å². The van der Waals surface area contributed by atoms with Gasteiger partial charge in [-0.1, -0.05) is 11.6 Å². The Morgan fingerprint density at radius 3 is 3.00 bits per heavy atom. The lowest BCUT2D eigenvalue weighted by molar-refractivity contribution is -0.131. The quantitative estimate of drug-likeness (QED) is 0.851. The number of hydrogen-bond acceptors (Lipinski definition) is 5. The lowest BCUT2D eigenvalue weighted by atomic mass is 10.1. The molecule has 3 rings (SSSR count). The van der Waals surface area contributed by atoms with Crippen molar-refractivity contribution in [2.75, 3.05) is 30.0 Å². The number of nitrogens with zero attached hydrogens (tertiary/aromatic N) is 2. The molecule has 0 spiro atoms. The van der Waals surface area contributed by atoms with Crippen molar-refractivity contribution in [2.24, 2.45) is 0 Å². The molecule has 1 aromatic rings. The minimum Gasteiger partial charge on any atom is -0.381 e. The van der Waals surface area contributed by atoms with Crippen LogP contribution in [0.15, 0.2) is 18.2 Å². The van der Waals surface area contributed by atoms with Gasteiger partial charge in [-0.25, -0.2) is 0 Å². The first-order valence-corrected chi connectivity index (χ1v) is 8.77.